The van der Waals surface area contributed by atoms with E-state index in [0.29, 0.717) is 6.04 Å². The summed E-state index contributed by atoms with van der Waals surface area (Å²) in [5, 5.41) is 6.39. The maximum Gasteiger partial charge on any atom is 0.251 e. The summed E-state index contributed by atoms with van der Waals surface area (Å²) in [6, 6.07) is 8.25. The largest absolute Gasteiger partial charge is 0.349 e. The smallest absolute Gasteiger partial charge is 0.251 e. The summed E-state index contributed by atoms with van der Waals surface area (Å²) in [6.45, 7) is 4.32. The highest BCUT2D eigenvalue weighted by atomic mass is 32.2. The molecule has 0 bridgehead atoms. The van der Waals surface area contributed by atoms with E-state index in [4.69, 9.17) is 0 Å². The third-order valence-corrected chi connectivity index (χ3v) is 6.39. The number of benzene rings is 1. The van der Waals surface area contributed by atoms with Gasteiger partial charge >= 0.3 is 0 Å². The summed E-state index contributed by atoms with van der Waals surface area (Å²) in [5.41, 5.74) is 1.87. The molecule has 0 atom stereocenters. The first kappa shape index (κ1) is 17.5. The van der Waals surface area contributed by atoms with Crippen molar-refractivity contribution in [3.63, 3.8) is 0 Å². The summed E-state index contributed by atoms with van der Waals surface area (Å²) >= 11 is 3.44. The van der Waals surface area contributed by atoms with Crippen LogP contribution in [0.2, 0.25) is 0 Å². The van der Waals surface area contributed by atoms with Gasteiger partial charge in [-0.2, -0.15) is 0 Å². The minimum atomic E-state index is 0.0567. The van der Waals surface area contributed by atoms with Crippen LogP contribution in [0, 0.1) is 12.8 Å². The monoisotopic (exact) mass is 360 g/mol. The number of carbonyl (C=O) groups excluding carboxylic acids is 1. The van der Waals surface area contributed by atoms with E-state index in [1.807, 2.05) is 31.2 Å². The second kappa shape index (κ2) is 8.17. The highest BCUT2D eigenvalue weighted by Crippen LogP contribution is 2.25. The predicted octanol–water partition coefficient (Wildman–Crippen LogP) is 5.05. The van der Waals surface area contributed by atoms with E-state index in [-0.39, 0.29) is 5.91 Å². The van der Waals surface area contributed by atoms with Gasteiger partial charge in [-0.05, 0) is 62.8 Å². The quantitative estimate of drug-likeness (QED) is 0.759. The molecule has 1 aromatic heterocycles. The third-order valence-electron chi connectivity index (χ3n) is 4.52. The topological polar surface area (TPSA) is 42.0 Å². The number of nitrogens with one attached hydrogen (secondary N) is 1. The van der Waals surface area contributed by atoms with E-state index in [1.165, 1.54) is 17.7 Å². The van der Waals surface area contributed by atoms with Gasteiger partial charge in [-0.15, -0.1) is 23.1 Å². The van der Waals surface area contributed by atoms with Crippen LogP contribution in [0.3, 0.4) is 0 Å². The number of thiazole rings is 1. The number of hydrogen-bond donors (Lipinski definition) is 1. The van der Waals surface area contributed by atoms with Crippen LogP contribution in [0.5, 0.6) is 0 Å². The van der Waals surface area contributed by atoms with Crippen molar-refractivity contribution in [2.45, 2.75) is 56.2 Å². The molecule has 0 aliphatic heterocycles. The molecule has 0 radical (unpaired) electrons. The molecular weight excluding hydrogens is 336 g/mol. The van der Waals surface area contributed by atoms with Crippen molar-refractivity contribution in [3.8, 4) is 0 Å². The normalized spacial score (nSPS) is 20.8. The fourth-order valence-electron chi connectivity index (χ4n) is 3.01. The molecule has 24 heavy (non-hydrogen) atoms. The van der Waals surface area contributed by atoms with Gasteiger partial charge in [-0.1, -0.05) is 6.92 Å². The number of rotatable bonds is 5. The van der Waals surface area contributed by atoms with Gasteiger partial charge < -0.3 is 5.32 Å². The molecule has 0 unspecified atom stereocenters. The van der Waals surface area contributed by atoms with E-state index in [1.54, 1.807) is 23.1 Å². The Balaban J connectivity index is 1.51. The summed E-state index contributed by atoms with van der Waals surface area (Å²) in [7, 11) is 0. The van der Waals surface area contributed by atoms with Gasteiger partial charge in [-0.25, -0.2) is 4.98 Å². The summed E-state index contributed by atoms with van der Waals surface area (Å²) in [6.07, 6.45) is 4.65. The number of nitrogens with zero attached hydrogens (tertiary/aromatic N) is 1. The molecule has 3 nitrogen and oxygen atoms in total. The Hall–Kier alpha value is -1.33. The maximum atomic E-state index is 12.4. The molecule has 128 valence electrons. The first-order valence-corrected chi connectivity index (χ1v) is 10.4. The van der Waals surface area contributed by atoms with Crippen molar-refractivity contribution in [2.75, 3.05) is 0 Å². The Kier molecular flexibility index (Phi) is 5.95. The van der Waals surface area contributed by atoms with Gasteiger partial charge in [0.2, 0.25) is 0 Å². The molecule has 0 saturated heterocycles. The molecule has 1 aliphatic rings. The van der Waals surface area contributed by atoms with E-state index in [9.17, 15) is 4.79 Å². The van der Waals surface area contributed by atoms with E-state index >= 15 is 0 Å². The van der Waals surface area contributed by atoms with Crippen LogP contribution in [-0.4, -0.2) is 16.9 Å². The van der Waals surface area contributed by atoms with Crippen LogP contribution in [0.25, 0.3) is 0 Å². The second-order valence-corrected chi connectivity index (χ2v) is 8.71. The lowest BCUT2D eigenvalue weighted by Gasteiger charge is -2.26. The van der Waals surface area contributed by atoms with Crippen molar-refractivity contribution in [1.29, 1.82) is 0 Å². The average molecular weight is 361 g/mol. The maximum absolute atomic E-state index is 12.4. The molecule has 1 N–H and O–H groups in total. The van der Waals surface area contributed by atoms with Crippen LogP contribution in [0.15, 0.2) is 34.5 Å². The van der Waals surface area contributed by atoms with Gasteiger partial charge in [0.15, 0.2) is 0 Å². The summed E-state index contributed by atoms with van der Waals surface area (Å²) < 4.78 is 0. The first-order chi connectivity index (χ1) is 11.6. The molecule has 3 rings (SSSR count). The lowest BCUT2D eigenvalue weighted by Crippen LogP contribution is -2.37. The molecule has 5 heteroatoms. The van der Waals surface area contributed by atoms with Crippen molar-refractivity contribution < 1.29 is 4.79 Å². The summed E-state index contributed by atoms with van der Waals surface area (Å²) in [4.78, 5) is 18.0. The standard InChI is InChI=1S/C19H24N2OS2/c1-13-3-7-16(8-4-13)21-19(22)15-5-9-18(10-6-15)24-12-17-11-23-14(2)20-17/h5-6,9-11,13,16H,3-4,7-8,12H2,1-2H3,(H,21,22). The van der Waals surface area contributed by atoms with Gasteiger partial charge in [-0.3, -0.25) is 4.79 Å². The van der Waals surface area contributed by atoms with Crippen LogP contribution in [0.1, 0.15) is 53.7 Å². The Labute approximate surface area is 152 Å². The minimum Gasteiger partial charge on any atom is -0.349 e. The Morgan fingerprint density at radius 2 is 1.96 bits per heavy atom. The molecule has 1 aliphatic carbocycles. The molecule has 2 aromatic rings. The third kappa shape index (κ3) is 4.84. The van der Waals surface area contributed by atoms with Gasteiger partial charge in [0.25, 0.3) is 5.91 Å². The van der Waals surface area contributed by atoms with E-state index < -0.39 is 0 Å². The number of amides is 1. The molecular formula is C19H24N2OS2. The van der Waals surface area contributed by atoms with Crippen LogP contribution in [0.4, 0.5) is 0 Å². The second-order valence-electron chi connectivity index (χ2n) is 6.60. The Morgan fingerprint density at radius 3 is 2.58 bits per heavy atom. The van der Waals surface area contributed by atoms with Crippen molar-refractivity contribution in [2.24, 2.45) is 5.92 Å². The Bertz CT molecular complexity index is 673. The number of aromatic nitrogens is 1. The van der Waals surface area contributed by atoms with Gasteiger partial charge in [0, 0.05) is 27.6 Å². The van der Waals surface area contributed by atoms with Crippen LogP contribution >= 0.6 is 23.1 Å². The van der Waals surface area contributed by atoms with Crippen molar-refractivity contribution in [3.05, 3.63) is 45.9 Å². The minimum absolute atomic E-state index is 0.0567. The SMILES string of the molecule is Cc1nc(CSc2ccc(C(=O)NC3CCC(C)CC3)cc2)cs1. The zero-order valence-corrected chi connectivity index (χ0v) is 15.9. The molecule has 1 saturated carbocycles. The number of hydrogen-bond acceptors (Lipinski definition) is 4. The molecule has 1 amide bonds. The number of thioether (sulfide) groups is 1. The highest BCUT2D eigenvalue weighted by Gasteiger charge is 2.20. The molecule has 1 fully saturated rings. The number of carbonyl (C=O) groups is 1. The fraction of sp³-hybridized carbons (Fsp3) is 0.474. The lowest BCUT2D eigenvalue weighted by molar-refractivity contribution is 0.0923. The van der Waals surface area contributed by atoms with Gasteiger partial charge in [0.1, 0.15) is 0 Å². The van der Waals surface area contributed by atoms with E-state index in [2.05, 4.69) is 22.6 Å². The highest BCUT2D eigenvalue weighted by molar-refractivity contribution is 7.98. The van der Waals surface area contributed by atoms with Crippen LogP contribution < -0.4 is 5.32 Å². The first-order valence-electron chi connectivity index (χ1n) is 8.55. The zero-order valence-electron chi connectivity index (χ0n) is 14.2. The lowest BCUT2D eigenvalue weighted by atomic mass is 9.87. The zero-order chi connectivity index (χ0) is 16.9. The predicted molar refractivity (Wildman–Crippen MR) is 102 cm³/mol. The molecule has 1 heterocycles. The fourth-order valence-corrected chi connectivity index (χ4v) is 4.52. The average Bonchev–Trinajstić information content (AvgIpc) is 3.01. The van der Waals surface area contributed by atoms with Crippen molar-refractivity contribution >= 4 is 29.0 Å². The summed E-state index contributed by atoms with van der Waals surface area (Å²) in [5.74, 6) is 1.73. The van der Waals surface area contributed by atoms with Crippen LogP contribution in [-0.2, 0) is 5.75 Å². The van der Waals surface area contributed by atoms with E-state index in [0.717, 1.165) is 40.8 Å². The Morgan fingerprint density at radius 1 is 1.25 bits per heavy atom. The number of aryl methyl sites for hydroxylation is 1. The molecule has 0 spiro atoms. The molecule has 1 aromatic carbocycles. The van der Waals surface area contributed by atoms with Crippen molar-refractivity contribution in [1.82, 2.24) is 10.3 Å². The van der Waals surface area contributed by atoms with Gasteiger partial charge in [0.05, 0.1) is 10.7 Å².